The Labute approximate surface area is 187 Å². The van der Waals surface area contributed by atoms with E-state index in [4.69, 9.17) is 16.6 Å². The zero-order valence-electron chi connectivity index (χ0n) is 17.7. The monoisotopic (exact) mass is 432 g/mol. The first-order chi connectivity index (χ1) is 15.0. The Balaban J connectivity index is 1.48. The Morgan fingerprint density at radius 1 is 1.10 bits per heavy atom. The van der Waals surface area contributed by atoms with Crippen molar-refractivity contribution in [2.45, 2.75) is 39.3 Å². The molecule has 1 amide bonds. The number of rotatable bonds is 7. The predicted molar refractivity (Wildman–Crippen MR) is 124 cm³/mol. The van der Waals surface area contributed by atoms with Crippen LogP contribution in [0.3, 0.4) is 0 Å². The third-order valence-electron chi connectivity index (χ3n) is 5.41. The van der Waals surface area contributed by atoms with Crippen LogP contribution in [0.5, 0.6) is 0 Å². The number of halogens is 1. The highest BCUT2D eigenvalue weighted by Crippen LogP contribution is 2.19. The van der Waals surface area contributed by atoms with Gasteiger partial charge >= 0.3 is 0 Å². The molecule has 2 heterocycles. The second-order valence-electron chi connectivity index (χ2n) is 7.80. The highest BCUT2D eigenvalue weighted by molar-refractivity contribution is 6.30. The Hall–Kier alpha value is -3.18. The number of hydrogen-bond donors (Lipinski definition) is 1. The van der Waals surface area contributed by atoms with E-state index in [2.05, 4.69) is 46.1 Å². The predicted octanol–water partition coefficient (Wildman–Crippen LogP) is 5.25. The minimum Gasteiger partial charge on any atom is -0.350 e. The number of pyridine rings is 1. The van der Waals surface area contributed by atoms with Gasteiger partial charge in [0.1, 0.15) is 5.82 Å². The lowest BCUT2D eigenvalue weighted by atomic mass is 10.1. The number of imidazole rings is 1. The molecular weight excluding hydrogens is 408 g/mol. The quantitative estimate of drug-likeness (QED) is 0.433. The molecule has 0 unspecified atom stereocenters. The molecule has 0 aliphatic heterocycles. The largest absolute Gasteiger partial charge is 0.350 e. The van der Waals surface area contributed by atoms with Crippen molar-refractivity contribution in [2.24, 2.45) is 0 Å². The number of aromatic nitrogens is 3. The molecule has 0 bridgehead atoms. The lowest BCUT2D eigenvalue weighted by Crippen LogP contribution is -2.27. The van der Waals surface area contributed by atoms with E-state index >= 15 is 0 Å². The molecule has 0 aliphatic carbocycles. The molecule has 0 saturated heterocycles. The molecule has 0 saturated carbocycles. The van der Waals surface area contributed by atoms with E-state index in [-0.39, 0.29) is 11.9 Å². The highest BCUT2D eigenvalue weighted by Gasteiger charge is 2.15. The molecule has 6 heteroatoms. The normalized spacial score (nSPS) is 12.1. The van der Waals surface area contributed by atoms with Crippen LogP contribution in [0.2, 0.25) is 5.02 Å². The van der Waals surface area contributed by atoms with Crippen LogP contribution in [0.1, 0.15) is 41.9 Å². The van der Waals surface area contributed by atoms with Crippen LogP contribution in [-0.4, -0.2) is 20.4 Å². The number of carbonyl (C=O) groups is 1. The molecule has 0 spiro atoms. The van der Waals surface area contributed by atoms with Crippen LogP contribution >= 0.6 is 11.6 Å². The number of amides is 1. The van der Waals surface area contributed by atoms with Crippen molar-refractivity contribution in [1.82, 2.24) is 19.9 Å². The molecule has 5 nitrogen and oxygen atoms in total. The third-order valence-corrected chi connectivity index (χ3v) is 5.67. The summed E-state index contributed by atoms with van der Waals surface area (Å²) >= 11 is 5.95. The van der Waals surface area contributed by atoms with Gasteiger partial charge < -0.3 is 9.88 Å². The van der Waals surface area contributed by atoms with Crippen molar-refractivity contribution in [1.29, 1.82) is 0 Å². The molecule has 1 atom stereocenters. The summed E-state index contributed by atoms with van der Waals surface area (Å²) in [6.07, 6.45) is 4.50. The lowest BCUT2D eigenvalue weighted by Gasteiger charge is -2.15. The van der Waals surface area contributed by atoms with Crippen molar-refractivity contribution in [3.63, 3.8) is 0 Å². The van der Waals surface area contributed by atoms with Crippen molar-refractivity contribution in [3.05, 3.63) is 94.5 Å². The first kappa shape index (κ1) is 21.1. The molecule has 2 aromatic carbocycles. The highest BCUT2D eigenvalue weighted by atomic mass is 35.5. The molecule has 0 radical (unpaired) electrons. The van der Waals surface area contributed by atoms with Crippen molar-refractivity contribution < 1.29 is 4.79 Å². The Bertz CT molecular complexity index is 1180. The van der Waals surface area contributed by atoms with Gasteiger partial charge in [-0.15, -0.1) is 0 Å². The molecule has 0 aliphatic rings. The van der Waals surface area contributed by atoms with Gasteiger partial charge in [-0.3, -0.25) is 9.78 Å². The first-order valence-corrected chi connectivity index (χ1v) is 10.8. The van der Waals surface area contributed by atoms with Crippen LogP contribution in [0.25, 0.3) is 11.0 Å². The Kier molecular flexibility index (Phi) is 6.33. The van der Waals surface area contributed by atoms with E-state index in [1.807, 2.05) is 43.5 Å². The van der Waals surface area contributed by atoms with Crippen LogP contribution in [-0.2, 0) is 17.8 Å². The van der Waals surface area contributed by atoms with Crippen LogP contribution in [0.15, 0.2) is 67.0 Å². The second-order valence-corrected chi connectivity index (χ2v) is 8.24. The van der Waals surface area contributed by atoms with Gasteiger partial charge in [0, 0.05) is 30.6 Å². The molecular formula is C25H25ClN4O. The number of hydrogen-bond acceptors (Lipinski definition) is 3. The zero-order valence-corrected chi connectivity index (χ0v) is 18.4. The smallest absolute Gasteiger partial charge is 0.220 e. The molecule has 2 aromatic heterocycles. The molecule has 4 rings (SSSR count). The van der Waals surface area contributed by atoms with Crippen LogP contribution in [0, 0.1) is 6.92 Å². The van der Waals surface area contributed by atoms with Gasteiger partial charge in [-0.1, -0.05) is 53.6 Å². The number of nitrogens with one attached hydrogen (secondary N) is 1. The summed E-state index contributed by atoms with van der Waals surface area (Å²) in [4.78, 5) is 21.6. The van der Waals surface area contributed by atoms with Gasteiger partial charge in [-0.25, -0.2) is 4.98 Å². The lowest BCUT2D eigenvalue weighted by molar-refractivity contribution is -0.121. The maximum Gasteiger partial charge on any atom is 0.220 e. The first-order valence-electron chi connectivity index (χ1n) is 10.4. The fraction of sp³-hybridized carbons (Fsp3) is 0.240. The van der Waals surface area contributed by atoms with Gasteiger partial charge in [0.05, 0.1) is 23.3 Å². The van der Waals surface area contributed by atoms with E-state index in [1.54, 1.807) is 6.20 Å². The summed E-state index contributed by atoms with van der Waals surface area (Å²) in [6, 6.07) is 17.8. The summed E-state index contributed by atoms with van der Waals surface area (Å²) in [6.45, 7) is 4.75. The minimum absolute atomic E-state index is 0.00508. The standard InChI is InChI=1S/C25H25ClN4O/c1-17-3-5-19(6-4-17)16-30-23-15-27-14-13-22(23)29-24(30)11-12-25(31)28-18(2)20-7-9-21(26)10-8-20/h3-10,13-15,18H,11-12,16H2,1-2H3,(H,28,31)/t18-/m0/s1. The molecule has 0 fully saturated rings. The average molecular weight is 433 g/mol. The Morgan fingerprint density at radius 2 is 1.84 bits per heavy atom. The summed E-state index contributed by atoms with van der Waals surface area (Å²) in [5.41, 5.74) is 5.32. The number of aryl methyl sites for hydroxylation is 2. The summed E-state index contributed by atoms with van der Waals surface area (Å²) in [7, 11) is 0. The maximum atomic E-state index is 12.6. The fourth-order valence-corrected chi connectivity index (χ4v) is 3.76. The van der Waals surface area contributed by atoms with E-state index in [9.17, 15) is 4.79 Å². The molecule has 1 N–H and O–H groups in total. The van der Waals surface area contributed by atoms with E-state index in [0.717, 1.165) is 22.4 Å². The summed E-state index contributed by atoms with van der Waals surface area (Å²) in [5, 5.41) is 3.75. The van der Waals surface area contributed by atoms with E-state index in [0.29, 0.717) is 24.4 Å². The van der Waals surface area contributed by atoms with E-state index < -0.39 is 0 Å². The van der Waals surface area contributed by atoms with Crippen molar-refractivity contribution in [2.75, 3.05) is 0 Å². The van der Waals surface area contributed by atoms with E-state index in [1.165, 1.54) is 11.1 Å². The number of benzene rings is 2. The van der Waals surface area contributed by atoms with Gasteiger partial charge in [0.2, 0.25) is 5.91 Å². The fourth-order valence-electron chi connectivity index (χ4n) is 3.64. The number of nitrogens with zero attached hydrogens (tertiary/aromatic N) is 3. The number of fused-ring (bicyclic) bond motifs is 1. The summed E-state index contributed by atoms with van der Waals surface area (Å²) < 4.78 is 2.16. The summed E-state index contributed by atoms with van der Waals surface area (Å²) in [5.74, 6) is 0.882. The average Bonchev–Trinajstić information content (AvgIpc) is 3.11. The molecule has 4 aromatic rings. The SMILES string of the molecule is Cc1ccc(Cn2c(CCC(=O)N[C@@H](C)c3ccc(Cl)cc3)nc3ccncc32)cc1. The van der Waals surface area contributed by atoms with Crippen LogP contribution < -0.4 is 5.32 Å². The van der Waals surface area contributed by atoms with Crippen molar-refractivity contribution in [3.8, 4) is 0 Å². The second kappa shape index (κ2) is 9.31. The zero-order chi connectivity index (χ0) is 21.8. The van der Waals surface area contributed by atoms with Gasteiger partial charge in [-0.05, 0) is 43.2 Å². The van der Waals surface area contributed by atoms with Crippen LogP contribution in [0.4, 0.5) is 0 Å². The topological polar surface area (TPSA) is 59.8 Å². The van der Waals surface area contributed by atoms with Gasteiger partial charge in [-0.2, -0.15) is 0 Å². The van der Waals surface area contributed by atoms with Crippen molar-refractivity contribution >= 4 is 28.5 Å². The molecule has 158 valence electrons. The van der Waals surface area contributed by atoms with Gasteiger partial charge in [0.25, 0.3) is 0 Å². The minimum atomic E-state index is -0.0830. The Morgan fingerprint density at radius 3 is 2.58 bits per heavy atom. The van der Waals surface area contributed by atoms with Gasteiger partial charge in [0.15, 0.2) is 0 Å². The third kappa shape index (κ3) is 5.12. The number of carbonyl (C=O) groups excluding carboxylic acids is 1. The maximum absolute atomic E-state index is 12.6. The molecule has 31 heavy (non-hydrogen) atoms.